The number of quaternary nitrogens is 2. The number of aliphatic hydroxyl groups excluding tert-OH is 2. The number of unbranched alkanes of at least 4 members (excludes halogenated alkanes) is 22. The van der Waals surface area contributed by atoms with Gasteiger partial charge in [-0.15, -0.1) is 0 Å². The van der Waals surface area contributed by atoms with Gasteiger partial charge in [0.1, 0.15) is 25.3 Å². The van der Waals surface area contributed by atoms with E-state index in [0.717, 1.165) is 22.1 Å². The fourth-order valence-corrected chi connectivity index (χ4v) is 7.19. The Kier molecular flexibility index (Phi) is 37.4. The van der Waals surface area contributed by atoms with Crippen LogP contribution in [-0.2, 0) is 18.9 Å². The number of ether oxygens (including phenoxy) is 4. The summed E-state index contributed by atoms with van der Waals surface area (Å²) in [5.74, 6) is 0. The van der Waals surface area contributed by atoms with Gasteiger partial charge in [-0.1, -0.05) is 142 Å². The molecule has 0 bridgehead atoms. The van der Waals surface area contributed by atoms with Crippen LogP contribution in [0, 0.1) is 0 Å². The zero-order valence-corrected chi connectivity index (χ0v) is 36.0. The highest BCUT2D eigenvalue weighted by molar-refractivity contribution is 4.55. The molecule has 0 radical (unpaired) electrons. The maximum atomic E-state index is 10.5. The van der Waals surface area contributed by atoms with Gasteiger partial charge in [0.25, 0.3) is 0 Å². The zero-order valence-electron chi connectivity index (χ0n) is 36.0. The molecule has 0 fully saturated rings. The molecule has 8 nitrogen and oxygen atoms in total. The molecule has 2 atom stereocenters. The third kappa shape index (κ3) is 39.4. The van der Waals surface area contributed by atoms with E-state index in [1.54, 1.807) is 0 Å². The summed E-state index contributed by atoms with van der Waals surface area (Å²) in [4.78, 5) is 0. The molecule has 0 aromatic carbocycles. The lowest BCUT2D eigenvalue weighted by Crippen LogP contribution is -2.47. The highest BCUT2D eigenvalue weighted by Crippen LogP contribution is 2.15. The van der Waals surface area contributed by atoms with Crippen LogP contribution in [0.15, 0.2) is 0 Å². The van der Waals surface area contributed by atoms with Crippen molar-refractivity contribution in [3.8, 4) is 0 Å². The van der Waals surface area contributed by atoms with Gasteiger partial charge < -0.3 is 38.1 Å². The summed E-state index contributed by atoms with van der Waals surface area (Å²) in [6.45, 7) is 11.8. The Labute approximate surface area is 324 Å². The van der Waals surface area contributed by atoms with E-state index >= 15 is 0 Å². The molecular weight excluding hydrogens is 652 g/mol. The molecule has 0 heterocycles. The predicted octanol–water partition coefficient (Wildman–Crippen LogP) is 9.33. The normalized spacial score (nSPS) is 13.6. The van der Waals surface area contributed by atoms with Gasteiger partial charge in [-0.05, 0) is 25.7 Å². The first-order valence-corrected chi connectivity index (χ1v) is 22.4. The van der Waals surface area contributed by atoms with E-state index < -0.39 is 12.2 Å². The van der Waals surface area contributed by atoms with Crippen LogP contribution in [0.4, 0.5) is 0 Å². The summed E-state index contributed by atoms with van der Waals surface area (Å²) in [5.41, 5.74) is 0. The molecule has 0 amide bonds. The molecule has 2 unspecified atom stereocenters. The first kappa shape index (κ1) is 51.7. The molecule has 0 aliphatic carbocycles. The Morgan fingerprint density at radius 3 is 0.846 bits per heavy atom. The average molecular weight is 747 g/mol. The minimum absolute atomic E-state index is 0.346. The van der Waals surface area contributed by atoms with Gasteiger partial charge in [-0.2, -0.15) is 0 Å². The van der Waals surface area contributed by atoms with Gasteiger partial charge in [0.2, 0.25) is 0 Å². The minimum atomic E-state index is -0.460. The lowest BCUT2D eigenvalue weighted by Gasteiger charge is -2.32. The number of hydrogen-bond donors (Lipinski definition) is 2. The molecule has 0 spiro atoms. The molecule has 52 heavy (non-hydrogen) atoms. The van der Waals surface area contributed by atoms with Crippen molar-refractivity contribution in [1.82, 2.24) is 0 Å². The SMILES string of the molecule is CCCCCCCCCCCCCC[N+](C)(C)CC(O)COCCOCCOCCOCC(O)C[N+](C)(C)CCCCCCCCCCCCCC. The quantitative estimate of drug-likeness (QED) is 0.0479. The number of nitrogens with zero attached hydrogens (tertiary/aromatic N) is 2. The molecule has 2 N–H and O–H groups in total. The van der Waals surface area contributed by atoms with Crippen LogP contribution in [-0.4, -0.2) is 139 Å². The lowest BCUT2D eigenvalue weighted by atomic mass is 10.1. The Balaban J connectivity index is 3.55. The van der Waals surface area contributed by atoms with Crippen molar-refractivity contribution >= 4 is 0 Å². The molecule has 0 rings (SSSR count). The minimum Gasteiger partial charge on any atom is -0.385 e. The largest absolute Gasteiger partial charge is 0.385 e. The molecule has 0 saturated carbocycles. The van der Waals surface area contributed by atoms with Gasteiger partial charge in [0, 0.05) is 0 Å². The van der Waals surface area contributed by atoms with Crippen LogP contribution in [0.5, 0.6) is 0 Å². The molecule has 0 aliphatic rings. The van der Waals surface area contributed by atoms with Crippen molar-refractivity contribution in [2.75, 3.05) is 107 Å². The van der Waals surface area contributed by atoms with E-state index in [2.05, 4.69) is 42.0 Å². The second-order valence-corrected chi connectivity index (χ2v) is 17.1. The molecular formula is C44H94N2O6+2. The van der Waals surface area contributed by atoms with Crippen molar-refractivity contribution in [2.24, 2.45) is 0 Å². The van der Waals surface area contributed by atoms with E-state index in [4.69, 9.17) is 18.9 Å². The monoisotopic (exact) mass is 747 g/mol. The van der Waals surface area contributed by atoms with Crippen LogP contribution < -0.4 is 0 Å². The summed E-state index contributed by atoms with van der Waals surface area (Å²) in [6.07, 6.45) is 31.9. The Morgan fingerprint density at radius 1 is 0.346 bits per heavy atom. The van der Waals surface area contributed by atoms with Crippen molar-refractivity contribution in [3.63, 3.8) is 0 Å². The van der Waals surface area contributed by atoms with Crippen LogP contribution in [0.25, 0.3) is 0 Å². The molecule has 314 valence electrons. The Hall–Kier alpha value is -0.320. The smallest absolute Gasteiger partial charge is 0.126 e. The van der Waals surface area contributed by atoms with Crippen molar-refractivity contribution < 1.29 is 38.1 Å². The first-order chi connectivity index (χ1) is 25.1. The number of hydrogen-bond acceptors (Lipinski definition) is 6. The van der Waals surface area contributed by atoms with Gasteiger partial charge in [-0.3, -0.25) is 0 Å². The van der Waals surface area contributed by atoms with Gasteiger partial charge >= 0.3 is 0 Å². The van der Waals surface area contributed by atoms with Crippen LogP contribution in [0.3, 0.4) is 0 Å². The van der Waals surface area contributed by atoms with Gasteiger partial charge in [0.15, 0.2) is 0 Å². The summed E-state index contributed by atoms with van der Waals surface area (Å²) in [5, 5.41) is 21.0. The fourth-order valence-electron chi connectivity index (χ4n) is 7.19. The highest BCUT2D eigenvalue weighted by atomic mass is 16.6. The van der Waals surface area contributed by atoms with Gasteiger partial charge in [0.05, 0.1) is 94.1 Å². The van der Waals surface area contributed by atoms with Crippen LogP contribution in [0.1, 0.15) is 168 Å². The van der Waals surface area contributed by atoms with Crippen molar-refractivity contribution in [3.05, 3.63) is 0 Å². The Morgan fingerprint density at radius 2 is 0.577 bits per heavy atom. The predicted molar refractivity (Wildman–Crippen MR) is 221 cm³/mol. The summed E-state index contributed by atoms with van der Waals surface area (Å²) < 4.78 is 24.2. The average Bonchev–Trinajstić information content (AvgIpc) is 3.09. The molecule has 8 heteroatoms. The fraction of sp³-hybridized carbons (Fsp3) is 1.00. The number of rotatable bonds is 43. The maximum absolute atomic E-state index is 10.5. The van der Waals surface area contributed by atoms with Crippen LogP contribution >= 0.6 is 0 Å². The summed E-state index contributed by atoms with van der Waals surface area (Å²) in [7, 11) is 8.83. The van der Waals surface area contributed by atoms with Crippen molar-refractivity contribution in [1.29, 1.82) is 0 Å². The van der Waals surface area contributed by atoms with Gasteiger partial charge in [-0.25, -0.2) is 0 Å². The number of likely N-dealkylation sites (N-methyl/N-ethyl adjacent to an activating group) is 2. The third-order valence-electron chi connectivity index (χ3n) is 10.4. The number of aliphatic hydroxyl groups is 2. The second kappa shape index (κ2) is 37.6. The highest BCUT2D eigenvalue weighted by Gasteiger charge is 2.21. The van der Waals surface area contributed by atoms with Crippen LogP contribution in [0.2, 0.25) is 0 Å². The maximum Gasteiger partial charge on any atom is 0.126 e. The molecule has 0 aromatic rings. The van der Waals surface area contributed by atoms with E-state index in [9.17, 15) is 10.2 Å². The Bertz CT molecular complexity index is 652. The topological polar surface area (TPSA) is 77.4 Å². The third-order valence-corrected chi connectivity index (χ3v) is 10.4. The van der Waals surface area contributed by atoms with E-state index in [1.165, 1.54) is 154 Å². The van der Waals surface area contributed by atoms with Crippen molar-refractivity contribution in [2.45, 2.75) is 180 Å². The zero-order chi connectivity index (χ0) is 38.4. The van der Waals surface area contributed by atoms with E-state index in [-0.39, 0.29) is 0 Å². The standard InChI is InChI=1S/C44H94N2O6/c1-7-9-11-13-15-17-19-21-23-25-27-29-31-45(3,4)39-43(47)41-51-37-35-49-33-34-50-36-38-52-42-44(48)40-46(5,6)32-30-28-26-24-22-20-18-16-14-12-10-8-2/h43-44,47-48H,7-42H2,1-6H3/q+2. The second-order valence-electron chi connectivity index (χ2n) is 17.1. The molecule has 0 saturated heterocycles. The van der Waals surface area contributed by atoms with E-state index in [0.29, 0.717) is 65.9 Å². The molecule has 0 aromatic heterocycles. The summed E-state index contributed by atoms with van der Waals surface area (Å²) >= 11 is 0. The van der Waals surface area contributed by atoms with E-state index in [1.807, 2.05) is 0 Å². The molecule has 0 aliphatic heterocycles. The lowest BCUT2D eigenvalue weighted by molar-refractivity contribution is -0.893. The first-order valence-electron chi connectivity index (χ1n) is 22.4. The summed E-state index contributed by atoms with van der Waals surface area (Å²) in [6, 6.07) is 0.